The second-order valence-electron chi connectivity index (χ2n) is 4.11. The summed E-state index contributed by atoms with van der Waals surface area (Å²) in [6, 6.07) is 0. The van der Waals surface area contributed by atoms with Gasteiger partial charge in [0.25, 0.3) is 0 Å². The molecule has 0 aliphatic heterocycles. The van der Waals surface area contributed by atoms with Crippen molar-refractivity contribution < 1.29 is 0 Å². The zero-order valence-electron chi connectivity index (χ0n) is 9.79. The first kappa shape index (κ1) is 12.2. The fourth-order valence-electron chi connectivity index (χ4n) is 1.91. The molecule has 0 saturated heterocycles. The quantitative estimate of drug-likeness (QED) is 0.721. The van der Waals surface area contributed by atoms with Gasteiger partial charge in [0.15, 0.2) is 5.82 Å². The van der Waals surface area contributed by atoms with E-state index in [0.717, 1.165) is 43.4 Å². The number of hydrogen-bond donors (Lipinski definition) is 2. The van der Waals surface area contributed by atoms with Gasteiger partial charge in [0, 0.05) is 6.42 Å². The third-order valence-electron chi connectivity index (χ3n) is 2.69. The molecule has 4 nitrogen and oxygen atoms in total. The Hall–Kier alpha value is -0.900. The second kappa shape index (κ2) is 6.56. The first-order chi connectivity index (χ1) is 7.26. The Bertz CT molecular complexity index is 263. The zero-order chi connectivity index (χ0) is 11.1. The molecule has 1 atom stereocenters. The Morgan fingerprint density at radius 1 is 1.33 bits per heavy atom. The summed E-state index contributed by atoms with van der Waals surface area (Å²) in [6.07, 6.45) is 5.74. The van der Waals surface area contributed by atoms with Crippen molar-refractivity contribution in [3.63, 3.8) is 0 Å². The van der Waals surface area contributed by atoms with E-state index in [1.807, 2.05) is 6.92 Å². The molecule has 4 heteroatoms. The lowest BCUT2D eigenvalue weighted by atomic mass is 9.94. The van der Waals surface area contributed by atoms with Crippen LogP contribution in [0.1, 0.15) is 44.3 Å². The highest BCUT2D eigenvalue weighted by Gasteiger charge is 2.08. The molecule has 3 N–H and O–H groups in total. The van der Waals surface area contributed by atoms with Gasteiger partial charge >= 0.3 is 0 Å². The standard InChI is InChI=1S/C11H22N4/c1-3-4-10(7-8-12)5-6-11-13-9(2)14-15-11/h10H,3-8,12H2,1-2H3,(H,13,14,15). The molecule has 0 saturated carbocycles. The number of hydrogen-bond acceptors (Lipinski definition) is 3. The first-order valence-electron chi connectivity index (χ1n) is 5.84. The van der Waals surface area contributed by atoms with Gasteiger partial charge in [0.1, 0.15) is 5.82 Å². The smallest absolute Gasteiger partial charge is 0.150 e. The lowest BCUT2D eigenvalue weighted by molar-refractivity contribution is 0.418. The van der Waals surface area contributed by atoms with Crippen molar-refractivity contribution in [2.75, 3.05) is 6.54 Å². The number of aromatic nitrogens is 3. The molecular weight excluding hydrogens is 188 g/mol. The van der Waals surface area contributed by atoms with E-state index in [4.69, 9.17) is 5.73 Å². The van der Waals surface area contributed by atoms with E-state index in [2.05, 4.69) is 22.1 Å². The van der Waals surface area contributed by atoms with Crippen LogP contribution in [0.2, 0.25) is 0 Å². The van der Waals surface area contributed by atoms with Crippen molar-refractivity contribution in [2.45, 2.75) is 46.0 Å². The average Bonchev–Trinajstić information content (AvgIpc) is 2.61. The number of nitrogens with one attached hydrogen (secondary N) is 1. The van der Waals surface area contributed by atoms with E-state index in [9.17, 15) is 0 Å². The van der Waals surface area contributed by atoms with Crippen molar-refractivity contribution in [3.8, 4) is 0 Å². The molecule has 0 aliphatic carbocycles. The molecule has 1 rings (SSSR count). The summed E-state index contributed by atoms with van der Waals surface area (Å²) in [5, 5.41) is 7.01. The van der Waals surface area contributed by atoms with E-state index in [-0.39, 0.29) is 0 Å². The largest absolute Gasteiger partial charge is 0.330 e. The number of rotatable bonds is 7. The molecule has 0 radical (unpaired) electrons. The fourth-order valence-corrected chi connectivity index (χ4v) is 1.91. The Kier molecular flexibility index (Phi) is 5.32. The maximum Gasteiger partial charge on any atom is 0.150 e. The summed E-state index contributed by atoms with van der Waals surface area (Å²) < 4.78 is 0. The second-order valence-corrected chi connectivity index (χ2v) is 4.11. The molecule has 1 unspecified atom stereocenters. The maximum atomic E-state index is 5.60. The van der Waals surface area contributed by atoms with Crippen molar-refractivity contribution in [1.82, 2.24) is 15.2 Å². The van der Waals surface area contributed by atoms with E-state index in [1.165, 1.54) is 12.8 Å². The third-order valence-corrected chi connectivity index (χ3v) is 2.69. The first-order valence-corrected chi connectivity index (χ1v) is 5.84. The van der Waals surface area contributed by atoms with Gasteiger partial charge < -0.3 is 5.73 Å². The molecule has 0 bridgehead atoms. The Balaban J connectivity index is 2.32. The Labute approximate surface area is 91.7 Å². The molecule has 0 spiro atoms. The van der Waals surface area contributed by atoms with Crippen LogP contribution < -0.4 is 5.73 Å². The molecule has 86 valence electrons. The molecule has 0 amide bonds. The van der Waals surface area contributed by atoms with Gasteiger partial charge in [-0.15, -0.1) is 0 Å². The van der Waals surface area contributed by atoms with Gasteiger partial charge in [-0.05, 0) is 32.2 Å². The minimum Gasteiger partial charge on any atom is -0.330 e. The van der Waals surface area contributed by atoms with Gasteiger partial charge in [0.05, 0.1) is 0 Å². The van der Waals surface area contributed by atoms with Crippen LogP contribution in [0.3, 0.4) is 0 Å². The van der Waals surface area contributed by atoms with Crippen LogP contribution in [0.5, 0.6) is 0 Å². The Morgan fingerprint density at radius 3 is 2.67 bits per heavy atom. The summed E-state index contributed by atoms with van der Waals surface area (Å²) in [4.78, 5) is 4.30. The molecule has 1 aromatic rings. The minimum absolute atomic E-state index is 0.735. The highest BCUT2D eigenvalue weighted by Crippen LogP contribution is 2.16. The van der Waals surface area contributed by atoms with Crippen LogP contribution in [0.15, 0.2) is 0 Å². The van der Waals surface area contributed by atoms with Crippen LogP contribution >= 0.6 is 0 Å². The minimum atomic E-state index is 0.735. The molecule has 0 aromatic carbocycles. The lowest BCUT2D eigenvalue weighted by Crippen LogP contribution is -2.10. The highest BCUT2D eigenvalue weighted by atomic mass is 15.2. The van der Waals surface area contributed by atoms with E-state index < -0.39 is 0 Å². The normalized spacial score (nSPS) is 13.0. The third kappa shape index (κ3) is 4.42. The summed E-state index contributed by atoms with van der Waals surface area (Å²) in [5.41, 5.74) is 5.60. The predicted molar refractivity (Wildman–Crippen MR) is 61.5 cm³/mol. The van der Waals surface area contributed by atoms with Crippen molar-refractivity contribution in [2.24, 2.45) is 11.7 Å². The lowest BCUT2D eigenvalue weighted by Gasteiger charge is -2.13. The Morgan fingerprint density at radius 2 is 2.13 bits per heavy atom. The molecule has 1 heterocycles. The number of H-pyrrole nitrogens is 1. The fraction of sp³-hybridized carbons (Fsp3) is 0.818. The SMILES string of the molecule is CCCC(CCN)CCc1n[nH]c(C)n1. The van der Waals surface area contributed by atoms with Crippen LogP contribution in [0.4, 0.5) is 0 Å². The summed E-state index contributed by atoms with van der Waals surface area (Å²) in [5.74, 6) is 2.57. The molecule has 0 aliphatic rings. The van der Waals surface area contributed by atoms with Gasteiger partial charge in [-0.3, -0.25) is 5.10 Å². The van der Waals surface area contributed by atoms with Gasteiger partial charge in [-0.25, -0.2) is 4.98 Å². The van der Waals surface area contributed by atoms with Crippen molar-refractivity contribution in [1.29, 1.82) is 0 Å². The number of nitrogens with two attached hydrogens (primary N) is 1. The van der Waals surface area contributed by atoms with Crippen LogP contribution in [-0.4, -0.2) is 21.7 Å². The van der Waals surface area contributed by atoms with Crippen LogP contribution in [0, 0.1) is 12.8 Å². The monoisotopic (exact) mass is 210 g/mol. The molecular formula is C11H22N4. The number of aromatic amines is 1. The van der Waals surface area contributed by atoms with Crippen LogP contribution in [-0.2, 0) is 6.42 Å². The van der Waals surface area contributed by atoms with Crippen molar-refractivity contribution >= 4 is 0 Å². The van der Waals surface area contributed by atoms with Gasteiger partial charge in [0.2, 0.25) is 0 Å². The zero-order valence-corrected chi connectivity index (χ0v) is 9.79. The average molecular weight is 210 g/mol. The van der Waals surface area contributed by atoms with Crippen molar-refractivity contribution in [3.05, 3.63) is 11.6 Å². The molecule has 0 fully saturated rings. The van der Waals surface area contributed by atoms with E-state index in [1.54, 1.807) is 0 Å². The number of aryl methyl sites for hydroxylation is 2. The van der Waals surface area contributed by atoms with Crippen LogP contribution in [0.25, 0.3) is 0 Å². The highest BCUT2D eigenvalue weighted by molar-refractivity contribution is 4.88. The van der Waals surface area contributed by atoms with E-state index in [0.29, 0.717) is 0 Å². The summed E-state index contributed by atoms with van der Waals surface area (Å²) in [6.45, 7) is 4.94. The summed E-state index contributed by atoms with van der Waals surface area (Å²) in [7, 11) is 0. The topological polar surface area (TPSA) is 67.6 Å². The molecule has 1 aromatic heterocycles. The number of nitrogens with zero attached hydrogens (tertiary/aromatic N) is 2. The predicted octanol–water partition coefficient (Wildman–Crippen LogP) is 1.81. The maximum absolute atomic E-state index is 5.60. The van der Waals surface area contributed by atoms with Gasteiger partial charge in [-0.1, -0.05) is 19.8 Å². The molecule has 15 heavy (non-hydrogen) atoms. The summed E-state index contributed by atoms with van der Waals surface area (Å²) >= 11 is 0. The van der Waals surface area contributed by atoms with E-state index >= 15 is 0 Å². The van der Waals surface area contributed by atoms with Gasteiger partial charge in [-0.2, -0.15) is 5.10 Å².